The van der Waals surface area contributed by atoms with Gasteiger partial charge in [-0.1, -0.05) is 37.5 Å². The Morgan fingerprint density at radius 3 is 2.70 bits per heavy atom. The van der Waals surface area contributed by atoms with E-state index in [0.717, 1.165) is 23.3 Å². The maximum atomic E-state index is 12.8. The molecule has 0 spiro atoms. The van der Waals surface area contributed by atoms with Crippen molar-refractivity contribution in [3.63, 3.8) is 0 Å². The molecule has 1 aliphatic carbocycles. The Morgan fingerprint density at radius 1 is 1.13 bits per heavy atom. The predicted octanol–water partition coefficient (Wildman–Crippen LogP) is 3.99. The molecule has 1 unspecified atom stereocenters. The van der Waals surface area contributed by atoms with Crippen molar-refractivity contribution in [2.24, 2.45) is 0 Å². The molecule has 0 N–H and O–H groups in total. The summed E-state index contributed by atoms with van der Waals surface area (Å²) in [7, 11) is 1.90. The second-order valence-corrected chi connectivity index (χ2v) is 7.41. The minimum Gasteiger partial charge on any atom is -0.423 e. The van der Waals surface area contributed by atoms with Gasteiger partial charge in [-0.05, 0) is 37.9 Å². The number of rotatable bonds is 2. The van der Waals surface area contributed by atoms with Crippen LogP contribution < -0.4 is 0 Å². The largest absolute Gasteiger partial charge is 0.423 e. The molecule has 4 rings (SSSR count). The average molecular weight is 329 g/mol. The minimum absolute atomic E-state index is 0.0284. The third kappa shape index (κ3) is 2.70. The number of likely N-dealkylation sites (N-methyl/N-ethyl adjacent to an activating group) is 1. The standard InChI is InChI=1S/C17H19N3O2S/c1-20-14(15(21)12-9-5-6-10-13(12)23-20)17-19-18-16(22-17)11-7-3-2-4-8-11/h5-6,9-11,14H,2-4,7-8H2,1H3. The van der Waals surface area contributed by atoms with E-state index in [2.05, 4.69) is 10.2 Å². The van der Waals surface area contributed by atoms with E-state index in [1.165, 1.54) is 19.3 Å². The molecule has 1 fully saturated rings. The van der Waals surface area contributed by atoms with Crippen LogP contribution >= 0.6 is 11.9 Å². The SMILES string of the molecule is CN1Sc2ccccc2C(=O)C1c1nnc(C2CCCCC2)o1. The number of carbonyl (C=O) groups excluding carboxylic acids is 1. The summed E-state index contributed by atoms with van der Waals surface area (Å²) in [5.74, 6) is 1.50. The van der Waals surface area contributed by atoms with Crippen molar-refractivity contribution in [3.05, 3.63) is 41.6 Å². The van der Waals surface area contributed by atoms with Gasteiger partial charge in [-0.15, -0.1) is 10.2 Å². The zero-order valence-corrected chi connectivity index (χ0v) is 13.9. The molecule has 0 bridgehead atoms. The summed E-state index contributed by atoms with van der Waals surface area (Å²) >= 11 is 1.55. The van der Waals surface area contributed by atoms with E-state index < -0.39 is 6.04 Å². The van der Waals surface area contributed by atoms with Gasteiger partial charge in [0.25, 0.3) is 0 Å². The summed E-state index contributed by atoms with van der Waals surface area (Å²) in [5.41, 5.74) is 0.734. The number of nitrogens with zero attached hydrogens (tertiary/aromatic N) is 3. The van der Waals surface area contributed by atoms with Crippen molar-refractivity contribution in [2.75, 3.05) is 7.05 Å². The van der Waals surface area contributed by atoms with E-state index in [0.29, 0.717) is 17.7 Å². The molecule has 0 amide bonds. The first-order valence-corrected chi connectivity index (χ1v) is 8.88. The summed E-state index contributed by atoms with van der Waals surface area (Å²) in [6.07, 6.45) is 5.93. The van der Waals surface area contributed by atoms with Crippen LogP contribution in [0.4, 0.5) is 0 Å². The molecule has 23 heavy (non-hydrogen) atoms. The van der Waals surface area contributed by atoms with Crippen molar-refractivity contribution in [3.8, 4) is 0 Å². The van der Waals surface area contributed by atoms with Crippen molar-refractivity contribution >= 4 is 17.7 Å². The smallest absolute Gasteiger partial charge is 0.242 e. The molecule has 1 aromatic carbocycles. The number of fused-ring (bicyclic) bond motifs is 1. The molecule has 1 aliphatic heterocycles. The average Bonchev–Trinajstić information content (AvgIpc) is 3.05. The second-order valence-electron chi connectivity index (χ2n) is 6.21. The molecule has 1 aromatic heterocycles. The molecule has 2 aliphatic rings. The zero-order valence-electron chi connectivity index (χ0n) is 13.1. The van der Waals surface area contributed by atoms with Crippen LogP contribution in [0.5, 0.6) is 0 Å². The lowest BCUT2D eigenvalue weighted by Gasteiger charge is -2.29. The van der Waals surface area contributed by atoms with Gasteiger partial charge in [0.15, 0.2) is 11.8 Å². The molecular formula is C17H19N3O2S. The topological polar surface area (TPSA) is 59.2 Å². The number of Topliss-reactive ketones (excluding diaryl/α,β-unsaturated/α-hetero) is 1. The maximum absolute atomic E-state index is 12.8. The molecule has 5 nitrogen and oxygen atoms in total. The summed E-state index contributed by atoms with van der Waals surface area (Å²) in [6, 6.07) is 7.16. The van der Waals surface area contributed by atoms with Crippen molar-refractivity contribution in [1.82, 2.24) is 14.5 Å². The fraction of sp³-hybridized carbons (Fsp3) is 0.471. The van der Waals surface area contributed by atoms with E-state index in [1.54, 1.807) is 11.9 Å². The van der Waals surface area contributed by atoms with Gasteiger partial charge in [0.2, 0.25) is 11.8 Å². The minimum atomic E-state index is -0.500. The van der Waals surface area contributed by atoms with Crippen molar-refractivity contribution < 1.29 is 9.21 Å². The molecule has 6 heteroatoms. The Bertz CT molecular complexity index is 724. The second kappa shape index (κ2) is 6.09. The van der Waals surface area contributed by atoms with E-state index in [4.69, 9.17) is 4.42 Å². The van der Waals surface area contributed by atoms with Crippen LogP contribution in [-0.4, -0.2) is 27.3 Å². The Kier molecular flexibility index (Phi) is 3.95. The first kappa shape index (κ1) is 14.9. The van der Waals surface area contributed by atoms with E-state index in [9.17, 15) is 4.79 Å². The molecule has 1 saturated carbocycles. The summed E-state index contributed by atoms with van der Waals surface area (Å²) < 4.78 is 7.83. The fourth-order valence-electron chi connectivity index (χ4n) is 3.41. The van der Waals surface area contributed by atoms with Crippen molar-refractivity contribution in [2.45, 2.75) is 49.0 Å². The summed E-state index contributed by atoms with van der Waals surface area (Å²) in [5, 5.41) is 8.43. The van der Waals surface area contributed by atoms with E-state index in [1.807, 2.05) is 35.6 Å². The van der Waals surface area contributed by atoms with Gasteiger partial charge >= 0.3 is 0 Å². The molecule has 2 heterocycles. The van der Waals surface area contributed by atoms with Gasteiger partial charge in [0.05, 0.1) is 0 Å². The number of ketones is 1. The van der Waals surface area contributed by atoms with Crippen LogP contribution in [0, 0.1) is 0 Å². The molecule has 120 valence electrons. The number of benzene rings is 1. The van der Waals surface area contributed by atoms with E-state index in [-0.39, 0.29) is 5.78 Å². The van der Waals surface area contributed by atoms with Crippen LogP contribution in [0.3, 0.4) is 0 Å². The van der Waals surface area contributed by atoms with Crippen LogP contribution in [0.25, 0.3) is 0 Å². The Hall–Kier alpha value is -1.66. The molecule has 0 radical (unpaired) electrons. The lowest BCUT2D eigenvalue weighted by Crippen LogP contribution is -2.30. The third-order valence-electron chi connectivity index (χ3n) is 4.65. The molecule has 0 saturated heterocycles. The van der Waals surface area contributed by atoms with Crippen LogP contribution in [-0.2, 0) is 0 Å². The van der Waals surface area contributed by atoms with E-state index >= 15 is 0 Å². The normalized spacial score (nSPS) is 23.0. The molecule has 1 atom stereocenters. The van der Waals surface area contributed by atoms with Crippen LogP contribution in [0.15, 0.2) is 33.6 Å². The Labute approximate surface area is 139 Å². The lowest BCUT2D eigenvalue weighted by molar-refractivity contribution is 0.0881. The highest BCUT2D eigenvalue weighted by Crippen LogP contribution is 2.41. The third-order valence-corrected chi connectivity index (χ3v) is 5.70. The highest BCUT2D eigenvalue weighted by molar-refractivity contribution is 7.97. The number of hydrogen-bond acceptors (Lipinski definition) is 6. The molecular weight excluding hydrogens is 310 g/mol. The first-order chi connectivity index (χ1) is 11.2. The van der Waals surface area contributed by atoms with Crippen LogP contribution in [0.2, 0.25) is 0 Å². The number of aromatic nitrogens is 2. The molecule has 2 aromatic rings. The number of carbonyl (C=O) groups is 1. The first-order valence-electron chi connectivity index (χ1n) is 8.11. The zero-order chi connectivity index (χ0) is 15.8. The summed E-state index contributed by atoms with van der Waals surface area (Å²) in [4.78, 5) is 13.8. The van der Waals surface area contributed by atoms with Gasteiger partial charge in [0.1, 0.15) is 0 Å². The monoisotopic (exact) mass is 329 g/mol. The van der Waals surface area contributed by atoms with Gasteiger partial charge < -0.3 is 4.42 Å². The van der Waals surface area contributed by atoms with Crippen LogP contribution in [0.1, 0.15) is 66.2 Å². The summed E-state index contributed by atoms with van der Waals surface area (Å²) in [6.45, 7) is 0. The Morgan fingerprint density at radius 2 is 1.87 bits per heavy atom. The highest BCUT2D eigenvalue weighted by Gasteiger charge is 2.37. The van der Waals surface area contributed by atoms with Gasteiger partial charge in [-0.25, -0.2) is 4.31 Å². The number of hydrogen-bond donors (Lipinski definition) is 0. The lowest BCUT2D eigenvalue weighted by atomic mass is 9.89. The predicted molar refractivity (Wildman–Crippen MR) is 87.3 cm³/mol. The van der Waals surface area contributed by atoms with Gasteiger partial charge in [-0.3, -0.25) is 4.79 Å². The highest BCUT2D eigenvalue weighted by atomic mass is 32.2. The van der Waals surface area contributed by atoms with Crippen molar-refractivity contribution in [1.29, 1.82) is 0 Å². The van der Waals surface area contributed by atoms with Gasteiger partial charge in [0, 0.05) is 16.4 Å². The quantitative estimate of drug-likeness (QED) is 0.776. The van der Waals surface area contributed by atoms with Gasteiger partial charge in [-0.2, -0.15) is 0 Å². The Balaban J connectivity index is 1.63. The fourth-order valence-corrected chi connectivity index (χ4v) is 4.42. The maximum Gasteiger partial charge on any atom is 0.242 e.